The van der Waals surface area contributed by atoms with Crippen molar-refractivity contribution in [2.75, 3.05) is 0 Å². The van der Waals surface area contributed by atoms with Crippen molar-refractivity contribution in [1.29, 1.82) is 0 Å². The molecular formula is C18H12Cl3S+. The van der Waals surface area contributed by atoms with Gasteiger partial charge in [0.15, 0.2) is 14.7 Å². The molecule has 0 nitrogen and oxygen atoms in total. The molecule has 0 radical (unpaired) electrons. The zero-order chi connectivity index (χ0) is 15.5. The molecule has 0 N–H and O–H groups in total. The predicted molar refractivity (Wildman–Crippen MR) is 96.5 cm³/mol. The molecule has 4 heteroatoms. The minimum Gasteiger partial charge on any atom is -0.0843 e. The van der Waals surface area contributed by atoms with Gasteiger partial charge in [-0.15, -0.1) is 0 Å². The number of benzene rings is 3. The third kappa shape index (κ3) is 3.61. The summed E-state index contributed by atoms with van der Waals surface area (Å²) in [6.45, 7) is 0. The SMILES string of the molecule is Clc1ccc([S+](c2ccc(Cl)cc2)c2cccc(Cl)c2)cc1. The van der Waals surface area contributed by atoms with Gasteiger partial charge in [0, 0.05) is 21.1 Å². The van der Waals surface area contributed by atoms with Crippen LogP contribution in [0.2, 0.25) is 15.1 Å². The second-order valence-electron chi connectivity index (χ2n) is 4.67. The van der Waals surface area contributed by atoms with E-state index in [0.717, 1.165) is 20.0 Å². The van der Waals surface area contributed by atoms with Crippen molar-refractivity contribution < 1.29 is 0 Å². The highest BCUT2D eigenvalue weighted by Crippen LogP contribution is 2.33. The van der Waals surface area contributed by atoms with Crippen molar-refractivity contribution in [3.8, 4) is 0 Å². The number of hydrogen-bond acceptors (Lipinski definition) is 0. The Morgan fingerprint density at radius 1 is 0.500 bits per heavy atom. The average molecular weight is 367 g/mol. The van der Waals surface area contributed by atoms with E-state index >= 15 is 0 Å². The Morgan fingerprint density at radius 3 is 1.45 bits per heavy atom. The van der Waals surface area contributed by atoms with E-state index < -0.39 is 0 Å². The lowest BCUT2D eigenvalue weighted by molar-refractivity contribution is 1.32. The number of halogens is 3. The summed E-state index contributed by atoms with van der Waals surface area (Å²) in [5.74, 6) is 0. The fraction of sp³-hybridized carbons (Fsp3) is 0. The Morgan fingerprint density at radius 2 is 1.00 bits per heavy atom. The van der Waals surface area contributed by atoms with E-state index in [2.05, 4.69) is 30.3 Å². The van der Waals surface area contributed by atoms with Crippen molar-refractivity contribution in [2.45, 2.75) is 14.7 Å². The average Bonchev–Trinajstić information content (AvgIpc) is 2.51. The van der Waals surface area contributed by atoms with Crippen LogP contribution >= 0.6 is 34.8 Å². The topological polar surface area (TPSA) is 0 Å². The molecular weight excluding hydrogens is 355 g/mol. The smallest absolute Gasteiger partial charge is 0.0843 e. The molecule has 110 valence electrons. The van der Waals surface area contributed by atoms with E-state index in [1.54, 1.807) is 0 Å². The Bertz CT molecular complexity index is 722. The van der Waals surface area contributed by atoms with Gasteiger partial charge in [-0.05, 0) is 60.7 Å². The second-order valence-corrected chi connectivity index (χ2v) is 8.01. The van der Waals surface area contributed by atoms with Crippen LogP contribution in [-0.4, -0.2) is 0 Å². The normalized spacial score (nSPS) is 10.9. The molecule has 0 saturated heterocycles. The molecule has 0 aliphatic heterocycles. The lowest BCUT2D eigenvalue weighted by Crippen LogP contribution is -2.04. The Kier molecular flexibility index (Phi) is 5.00. The molecule has 3 rings (SSSR count). The zero-order valence-electron chi connectivity index (χ0n) is 11.5. The van der Waals surface area contributed by atoms with Crippen LogP contribution in [-0.2, 0) is 10.9 Å². The summed E-state index contributed by atoms with van der Waals surface area (Å²) >= 11 is 18.2. The monoisotopic (exact) mass is 365 g/mol. The molecule has 0 bridgehead atoms. The van der Waals surface area contributed by atoms with Crippen LogP contribution in [0.5, 0.6) is 0 Å². The van der Waals surface area contributed by atoms with Crippen LogP contribution in [0.1, 0.15) is 0 Å². The molecule has 0 atom stereocenters. The van der Waals surface area contributed by atoms with E-state index in [1.165, 1.54) is 9.79 Å². The van der Waals surface area contributed by atoms with Gasteiger partial charge < -0.3 is 0 Å². The van der Waals surface area contributed by atoms with Gasteiger partial charge in [-0.25, -0.2) is 0 Å². The molecule has 0 saturated carbocycles. The van der Waals surface area contributed by atoms with Gasteiger partial charge in [0.05, 0.1) is 10.9 Å². The fourth-order valence-corrected chi connectivity index (χ4v) is 4.74. The quantitative estimate of drug-likeness (QED) is 0.450. The first kappa shape index (κ1) is 15.8. The summed E-state index contributed by atoms with van der Waals surface area (Å²) in [6, 6.07) is 23.8. The zero-order valence-corrected chi connectivity index (χ0v) is 14.6. The summed E-state index contributed by atoms with van der Waals surface area (Å²) in [4.78, 5) is 3.54. The molecule has 0 aliphatic carbocycles. The molecule has 3 aromatic carbocycles. The highest BCUT2D eigenvalue weighted by atomic mass is 35.5. The third-order valence-electron chi connectivity index (χ3n) is 3.13. The molecule has 0 aliphatic rings. The summed E-state index contributed by atoms with van der Waals surface area (Å²) in [5.41, 5.74) is 0. The maximum Gasteiger partial charge on any atom is 0.168 e. The molecule has 0 aromatic heterocycles. The predicted octanol–water partition coefficient (Wildman–Crippen LogP) is 6.74. The van der Waals surface area contributed by atoms with Gasteiger partial charge >= 0.3 is 0 Å². The van der Waals surface area contributed by atoms with Crippen molar-refractivity contribution in [1.82, 2.24) is 0 Å². The Hall–Kier alpha value is -1.12. The largest absolute Gasteiger partial charge is 0.168 e. The van der Waals surface area contributed by atoms with Crippen LogP contribution in [0.25, 0.3) is 0 Å². The van der Waals surface area contributed by atoms with Crippen molar-refractivity contribution in [2.24, 2.45) is 0 Å². The van der Waals surface area contributed by atoms with E-state index in [0.29, 0.717) is 0 Å². The Labute approximate surface area is 148 Å². The number of rotatable bonds is 3. The van der Waals surface area contributed by atoms with E-state index in [-0.39, 0.29) is 10.9 Å². The lowest BCUT2D eigenvalue weighted by Gasteiger charge is -2.08. The van der Waals surface area contributed by atoms with Crippen molar-refractivity contribution in [3.63, 3.8) is 0 Å². The highest BCUT2D eigenvalue weighted by molar-refractivity contribution is 7.97. The van der Waals surface area contributed by atoms with E-state index in [9.17, 15) is 0 Å². The van der Waals surface area contributed by atoms with Crippen LogP contribution < -0.4 is 0 Å². The van der Waals surface area contributed by atoms with E-state index in [1.807, 2.05) is 42.5 Å². The number of hydrogen-bond donors (Lipinski definition) is 0. The van der Waals surface area contributed by atoms with Crippen LogP contribution in [0, 0.1) is 0 Å². The summed E-state index contributed by atoms with van der Waals surface area (Å²) in [7, 11) is -0.243. The van der Waals surface area contributed by atoms with Crippen molar-refractivity contribution in [3.05, 3.63) is 87.9 Å². The molecule has 22 heavy (non-hydrogen) atoms. The standard InChI is InChI=1S/C18H12Cl3S/c19-13-4-8-16(9-5-13)22(17-10-6-14(20)7-11-17)18-3-1-2-15(21)12-18/h1-12H/q+1. The Balaban J connectivity index is 2.13. The van der Waals surface area contributed by atoms with Crippen LogP contribution in [0.4, 0.5) is 0 Å². The van der Waals surface area contributed by atoms with Gasteiger partial charge in [-0.2, -0.15) is 0 Å². The summed E-state index contributed by atoms with van der Waals surface area (Å²) in [6.07, 6.45) is 0. The lowest BCUT2D eigenvalue weighted by atomic mass is 10.3. The highest BCUT2D eigenvalue weighted by Gasteiger charge is 2.28. The minimum atomic E-state index is -0.243. The first-order valence-electron chi connectivity index (χ1n) is 6.64. The third-order valence-corrected chi connectivity index (χ3v) is 6.08. The maximum absolute atomic E-state index is 6.18. The van der Waals surface area contributed by atoms with Gasteiger partial charge in [0.2, 0.25) is 0 Å². The van der Waals surface area contributed by atoms with Crippen LogP contribution in [0.15, 0.2) is 87.5 Å². The van der Waals surface area contributed by atoms with Crippen molar-refractivity contribution >= 4 is 45.7 Å². The van der Waals surface area contributed by atoms with Gasteiger partial charge in [0.25, 0.3) is 0 Å². The molecule has 0 amide bonds. The first-order valence-corrected chi connectivity index (χ1v) is 9.00. The molecule has 0 spiro atoms. The van der Waals surface area contributed by atoms with Crippen LogP contribution in [0.3, 0.4) is 0 Å². The summed E-state index contributed by atoms with van der Waals surface area (Å²) < 4.78 is 0. The van der Waals surface area contributed by atoms with E-state index in [4.69, 9.17) is 34.8 Å². The maximum atomic E-state index is 6.18. The van der Waals surface area contributed by atoms with Gasteiger partial charge in [-0.3, -0.25) is 0 Å². The first-order chi connectivity index (χ1) is 10.6. The minimum absolute atomic E-state index is 0.243. The molecule has 0 unspecified atom stereocenters. The summed E-state index contributed by atoms with van der Waals surface area (Å²) in [5, 5.41) is 2.20. The van der Waals surface area contributed by atoms with Gasteiger partial charge in [0.1, 0.15) is 0 Å². The van der Waals surface area contributed by atoms with Gasteiger partial charge in [-0.1, -0.05) is 40.9 Å². The molecule has 3 aromatic rings. The second kappa shape index (κ2) is 6.97. The molecule has 0 fully saturated rings. The molecule has 0 heterocycles. The fourth-order valence-electron chi connectivity index (χ4n) is 2.14.